The first kappa shape index (κ1) is 9.60. The number of halogens is 2. The minimum atomic E-state index is -1.24. The molecule has 0 saturated carbocycles. The second-order valence-corrected chi connectivity index (χ2v) is 2.55. The molecule has 0 heterocycles. The van der Waals surface area contributed by atoms with Gasteiger partial charge in [0.2, 0.25) is 5.91 Å². The van der Waals surface area contributed by atoms with E-state index in [1.807, 2.05) is 0 Å². The Labute approximate surface area is 73.3 Å². The molecule has 4 N–H and O–H groups in total. The summed E-state index contributed by atoms with van der Waals surface area (Å²) in [5, 5.41) is 0. The van der Waals surface area contributed by atoms with Crippen LogP contribution < -0.4 is 11.5 Å². The van der Waals surface area contributed by atoms with Crippen molar-refractivity contribution in [1.82, 2.24) is 0 Å². The maximum atomic E-state index is 12.9. The van der Waals surface area contributed by atoms with E-state index < -0.39 is 23.6 Å². The average Bonchev–Trinajstić information content (AvgIpc) is 2.03. The molecule has 3 nitrogen and oxygen atoms in total. The van der Waals surface area contributed by atoms with Gasteiger partial charge in [-0.1, -0.05) is 6.07 Å². The minimum absolute atomic E-state index is 0.103. The predicted molar refractivity (Wildman–Crippen MR) is 42.5 cm³/mol. The van der Waals surface area contributed by atoms with Crippen LogP contribution in [0.15, 0.2) is 18.2 Å². The summed E-state index contributed by atoms with van der Waals surface area (Å²) in [7, 11) is 0. The number of benzene rings is 1. The number of rotatable bonds is 2. The van der Waals surface area contributed by atoms with Crippen molar-refractivity contribution in [3.05, 3.63) is 35.4 Å². The van der Waals surface area contributed by atoms with E-state index in [1.54, 1.807) is 0 Å². The second-order valence-electron chi connectivity index (χ2n) is 2.55. The molecule has 1 unspecified atom stereocenters. The number of amides is 1. The van der Waals surface area contributed by atoms with Gasteiger partial charge in [0.25, 0.3) is 0 Å². The van der Waals surface area contributed by atoms with Crippen LogP contribution in [-0.2, 0) is 4.79 Å². The summed E-state index contributed by atoms with van der Waals surface area (Å²) in [5.41, 5.74) is 10.00. The van der Waals surface area contributed by atoms with Gasteiger partial charge in [-0.25, -0.2) is 8.78 Å². The van der Waals surface area contributed by atoms with Crippen LogP contribution in [0.3, 0.4) is 0 Å². The molecular formula is C8H8F2N2O. The van der Waals surface area contributed by atoms with Crippen molar-refractivity contribution >= 4 is 5.91 Å². The van der Waals surface area contributed by atoms with Crippen molar-refractivity contribution < 1.29 is 13.6 Å². The summed E-state index contributed by atoms with van der Waals surface area (Å²) in [4.78, 5) is 10.6. The largest absolute Gasteiger partial charge is 0.368 e. The van der Waals surface area contributed by atoms with E-state index in [0.717, 1.165) is 12.1 Å². The van der Waals surface area contributed by atoms with Gasteiger partial charge < -0.3 is 11.5 Å². The molecule has 0 aliphatic carbocycles. The van der Waals surface area contributed by atoms with Crippen LogP contribution in [0.25, 0.3) is 0 Å². The van der Waals surface area contributed by atoms with Gasteiger partial charge in [-0.15, -0.1) is 0 Å². The van der Waals surface area contributed by atoms with Gasteiger partial charge in [-0.3, -0.25) is 4.79 Å². The number of hydrogen-bond acceptors (Lipinski definition) is 2. The molecule has 5 heteroatoms. The minimum Gasteiger partial charge on any atom is -0.368 e. The zero-order valence-corrected chi connectivity index (χ0v) is 6.63. The maximum absolute atomic E-state index is 12.9. The molecule has 0 saturated heterocycles. The fraction of sp³-hybridized carbons (Fsp3) is 0.125. The highest BCUT2D eigenvalue weighted by Crippen LogP contribution is 2.15. The number of carbonyl (C=O) groups is 1. The van der Waals surface area contributed by atoms with Crippen molar-refractivity contribution in [2.24, 2.45) is 11.5 Å². The molecule has 0 radical (unpaired) electrons. The van der Waals surface area contributed by atoms with Gasteiger partial charge in [-0.05, 0) is 6.07 Å². The Morgan fingerprint density at radius 1 is 1.38 bits per heavy atom. The van der Waals surface area contributed by atoms with E-state index in [4.69, 9.17) is 11.5 Å². The topological polar surface area (TPSA) is 69.1 Å². The van der Waals surface area contributed by atoms with Crippen molar-refractivity contribution in [3.63, 3.8) is 0 Å². The van der Waals surface area contributed by atoms with E-state index in [9.17, 15) is 13.6 Å². The Kier molecular flexibility index (Phi) is 2.57. The highest BCUT2D eigenvalue weighted by molar-refractivity contribution is 5.81. The Balaban J connectivity index is 3.08. The van der Waals surface area contributed by atoms with Crippen LogP contribution >= 0.6 is 0 Å². The molecule has 70 valence electrons. The molecule has 1 aromatic carbocycles. The third kappa shape index (κ3) is 2.00. The summed E-state index contributed by atoms with van der Waals surface area (Å²) in [6, 6.07) is 1.53. The first-order chi connectivity index (χ1) is 6.02. The molecule has 0 aliphatic rings. The van der Waals surface area contributed by atoms with Crippen molar-refractivity contribution in [1.29, 1.82) is 0 Å². The smallest absolute Gasteiger partial charge is 0.239 e. The lowest BCUT2D eigenvalue weighted by Crippen LogP contribution is -2.29. The Morgan fingerprint density at radius 3 is 2.46 bits per heavy atom. The van der Waals surface area contributed by atoms with Crippen LogP contribution in [0.4, 0.5) is 8.78 Å². The molecule has 13 heavy (non-hydrogen) atoms. The second kappa shape index (κ2) is 3.49. The molecule has 1 atom stereocenters. The molecule has 0 spiro atoms. The van der Waals surface area contributed by atoms with Crippen LogP contribution in [-0.4, -0.2) is 5.91 Å². The number of carbonyl (C=O) groups excluding carboxylic acids is 1. The zero-order valence-electron chi connectivity index (χ0n) is 6.63. The maximum Gasteiger partial charge on any atom is 0.239 e. The highest BCUT2D eigenvalue weighted by Gasteiger charge is 2.16. The molecule has 0 aliphatic heterocycles. The lowest BCUT2D eigenvalue weighted by molar-refractivity contribution is -0.119. The van der Waals surface area contributed by atoms with Crippen molar-refractivity contribution in [2.45, 2.75) is 6.04 Å². The fourth-order valence-corrected chi connectivity index (χ4v) is 0.907. The molecular weight excluding hydrogens is 178 g/mol. The van der Waals surface area contributed by atoms with Crippen LogP contribution in [0.5, 0.6) is 0 Å². The summed E-state index contributed by atoms with van der Waals surface area (Å²) in [5.74, 6) is -2.45. The third-order valence-electron chi connectivity index (χ3n) is 1.60. The Bertz CT molecular complexity index is 341. The van der Waals surface area contributed by atoms with E-state index in [2.05, 4.69) is 0 Å². The molecule has 0 bridgehead atoms. The monoisotopic (exact) mass is 186 g/mol. The molecule has 1 rings (SSSR count). The molecule has 0 fully saturated rings. The standard InChI is InChI=1S/C8H8F2N2O/c9-4-1-2-5(6(10)3-4)7(11)8(12)13/h1-3,7H,11H2,(H2,12,13). The summed E-state index contributed by atoms with van der Waals surface area (Å²) in [6.07, 6.45) is 0. The fourth-order valence-electron chi connectivity index (χ4n) is 0.907. The number of nitrogens with two attached hydrogens (primary N) is 2. The molecule has 1 amide bonds. The van der Waals surface area contributed by atoms with E-state index >= 15 is 0 Å². The number of hydrogen-bond donors (Lipinski definition) is 2. The third-order valence-corrected chi connectivity index (χ3v) is 1.60. The van der Waals surface area contributed by atoms with Crippen LogP contribution in [0.1, 0.15) is 11.6 Å². The van der Waals surface area contributed by atoms with Crippen molar-refractivity contribution in [2.75, 3.05) is 0 Å². The predicted octanol–water partition coefficient (Wildman–Crippen LogP) is 0.450. The molecule has 1 aromatic rings. The van der Waals surface area contributed by atoms with E-state index in [1.165, 1.54) is 0 Å². The summed E-state index contributed by atoms with van der Waals surface area (Å²) < 4.78 is 25.3. The van der Waals surface area contributed by atoms with E-state index in [-0.39, 0.29) is 5.56 Å². The number of primary amides is 1. The van der Waals surface area contributed by atoms with Gasteiger partial charge in [-0.2, -0.15) is 0 Å². The van der Waals surface area contributed by atoms with Gasteiger partial charge in [0, 0.05) is 11.6 Å². The first-order valence-electron chi connectivity index (χ1n) is 3.52. The van der Waals surface area contributed by atoms with Gasteiger partial charge in [0.05, 0.1) is 0 Å². The normalized spacial score (nSPS) is 12.5. The van der Waals surface area contributed by atoms with Gasteiger partial charge in [0.15, 0.2) is 0 Å². The SMILES string of the molecule is NC(=O)C(N)c1ccc(F)cc1F. The lowest BCUT2D eigenvalue weighted by atomic mass is 10.1. The van der Waals surface area contributed by atoms with E-state index in [0.29, 0.717) is 6.07 Å². The quantitative estimate of drug-likeness (QED) is 0.704. The zero-order chi connectivity index (χ0) is 10.0. The summed E-state index contributed by atoms with van der Waals surface area (Å²) in [6.45, 7) is 0. The van der Waals surface area contributed by atoms with Crippen LogP contribution in [0.2, 0.25) is 0 Å². The Hall–Kier alpha value is -1.49. The first-order valence-corrected chi connectivity index (χ1v) is 3.52. The lowest BCUT2D eigenvalue weighted by Gasteiger charge is -2.08. The summed E-state index contributed by atoms with van der Waals surface area (Å²) >= 11 is 0. The van der Waals surface area contributed by atoms with Crippen LogP contribution in [0, 0.1) is 11.6 Å². The van der Waals surface area contributed by atoms with Crippen molar-refractivity contribution in [3.8, 4) is 0 Å². The van der Waals surface area contributed by atoms with Gasteiger partial charge >= 0.3 is 0 Å². The average molecular weight is 186 g/mol. The highest BCUT2D eigenvalue weighted by atomic mass is 19.1. The van der Waals surface area contributed by atoms with Gasteiger partial charge in [0.1, 0.15) is 17.7 Å². The molecule has 0 aromatic heterocycles. The Morgan fingerprint density at radius 2 is 2.00 bits per heavy atom.